The molecule has 120 valence electrons. The number of benzene rings is 2. The molecular formula is C16H17ClN4O2. The Morgan fingerprint density at radius 3 is 2.52 bits per heavy atom. The maximum atomic E-state index is 12.3. The van der Waals surface area contributed by atoms with Gasteiger partial charge in [-0.1, -0.05) is 24.3 Å². The summed E-state index contributed by atoms with van der Waals surface area (Å²) in [4.78, 5) is 26.9. The maximum absolute atomic E-state index is 12.3. The second-order valence-corrected chi connectivity index (χ2v) is 4.94. The molecule has 1 heterocycles. The van der Waals surface area contributed by atoms with Crippen LogP contribution in [0.15, 0.2) is 53.3 Å². The minimum Gasteiger partial charge on any atom is -0.316 e. The van der Waals surface area contributed by atoms with E-state index in [1.807, 2.05) is 31.3 Å². The van der Waals surface area contributed by atoms with Crippen LogP contribution in [0.4, 0.5) is 10.5 Å². The van der Waals surface area contributed by atoms with Gasteiger partial charge >= 0.3 is 11.7 Å². The van der Waals surface area contributed by atoms with Crippen LogP contribution in [-0.4, -0.2) is 22.6 Å². The van der Waals surface area contributed by atoms with Crippen LogP contribution in [0.2, 0.25) is 0 Å². The molecule has 0 radical (unpaired) electrons. The van der Waals surface area contributed by atoms with E-state index >= 15 is 0 Å². The van der Waals surface area contributed by atoms with Gasteiger partial charge < -0.3 is 15.6 Å². The summed E-state index contributed by atoms with van der Waals surface area (Å²) in [5.74, 6) is 0. The SMILES string of the molecule is CNCc1ccc(NC(=O)n2c(=O)[nH]c3ccccc32)cc1.Cl. The average molecular weight is 333 g/mol. The molecule has 0 atom stereocenters. The summed E-state index contributed by atoms with van der Waals surface area (Å²) in [6.45, 7) is 0.760. The topological polar surface area (TPSA) is 78.9 Å². The lowest BCUT2D eigenvalue weighted by Gasteiger charge is -2.07. The van der Waals surface area contributed by atoms with Gasteiger partial charge in [-0.05, 0) is 36.9 Å². The van der Waals surface area contributed by atoms with E-state index in [1.54, 1.807) is 24.3 Å². The van der Waals surface area contributed by atoms with E-state index in [0.29, 0.717) is 16.7 Å². The van der Waals surface area contributed by atoms with Crippen molar-refractivity contribution in [2.24, 2.45) is 0 Å². The number of H-pyrrole nitrogens is 1. The third-order valence-corrected chi connectivity index (χ3v) is 3.38. The van der Waals surface area contributed by atoms with Crippen LogP contribution in [0.1, 0.15) is 5.56 Å². The van der Waals surface area contributed by atoms with E-state index in [1.165, 1.54) is 0 Å². The number of hydrogen-bond donors (Lipinski definition) is 3. The molecular weight excluding hydrogens is 316 g/mol. The molecule has 3 rings (SSSR count). The number of aromatic nitrogens is 2. The van der Waals surface area contributed by atoms with E-state index < -0.39 is 11.7 Å². The zero-order valence-electron chi connectivity index (χ0n) is 12.5. The third kappa shape index (κ3) is 3.44. The number of nitrogens with one attached hydrogen (secondary N) is 3. The highest BCUT2D eigenvalue weighted by atomic mass is 35.5. The number of imidazole rings is 1. The molecule has 0 saturated carbocycles. The average Bonchev–Trinajstić information content (AvgIpc) is 2.85. The maximum Gasteiger partial charge on any atom is 0.334 e. The number of carbonyl (C=O) groups excluding carboxylic acids is 1. The molecule has 0 aliphatic carbocycles. The molecule has 0 unspecified atom stereocenters. The van der Waals surface area contributed by atoms with Crippen molar-refractivity contribution < 1.29 is 4.79 Å². The van der Waals surface area contributed by atoms with Crippen molar-refractivity contribution in [3.05, 3.63) is 64.6 Å². The fourth-order valence-electron chi connectivity index (χ4n) is 2.35. The zero-order valence-corrected chi connectivity index (χ0v) is 13.3. The van der Waals surface area contributed by atoms with Crippen LogP contribution in [0.3, 0.4) is 0 Å². The van der Waals surface area contributed by atoms with Crippen molar-refractivity contribution in [3.63, 3.8) is 0 Å². The Morgan fingerprint density at radius 1 is 1.13 bits per heavy atom. The van der Waals surface area contributed by atoms with Crippen LogP contribution in [-0.2, 0) is 6.54 Å². The van der Waals surface area contributed by atoms with Gasteiger partial charge in [-0.2, -0.15) is 0 Å². The van der Waals surface area contributed by atoms with Gasteiger partial charge in [0, 0.05) is 12.2 Å². The van der Waals surface area contributed by atoms with Gasteiger partial charge in [-0.3, -0.25) is 0 Å². The summed E-state index contributed by atoms with van der Waals surface area (Å²) in [7, 11) is 1.87. The van der Waals surface area contributed by atoms with E-state index in [2.05, 4.69) is 15.6 Å². The summed E-state index contributed by atoms with van der Waals surface area (Å²) < 4.78 is 1.09. The molecule has 2 aromatic carbocycles. The number of fused-ring (bicyclic) bond motifs is 1. The van der Waals surface area contributed by atoms with E-state index in [9.17, 15) is 9.59 Å². The van der Waals surface area contributed by atoms with Crippen LogP contribution < -0.4 is 16.3 Å². The number of amides is 1. The first-order valence-corrected chi connectivity index (χ1v) is 6.93. The largest absolute Gasteiger partial charge is 0.334 e. The highest BCUT2D eigenvalue weighted by Gasteiger charge is 2.13. The van der Waals surface area contributed by atoms with Gasteiger partial charge in [0.25, 0.3) is 0 Å². The molecule has 0 spiro atoms. The minimum absolute atomic E-state index is 0. The molecule has 3 N–H and O–H groups in total. The van der Waals surface area contributed by atoms with Gasteiger partial charge in [0.05, 0.1) is 11.0 Å². The molecule has 0 fully saturated rings. The molecule has 0 aliphatic rings. The Labute approximate surface area is 138 Å². The predicted molar refractivity (Wildman–Crippen MR) is 93.4 cm³/mol. The summed E-state index contributed by atoms with van der Waals surface area (Å²) in [6, 6.07) is 14.1. The van der Waals surface area contributed by atoms with E-state index in [4.69, 9.17) is 0 Å². The van der Waals surface area contributed by atoms with E-state index in [0.717, 1.165) is 16.7 Å². The number of nitrogens with zero attached hydrogens (tertiary/aromatic N) is 1. The van der Waals surface area contributed by atoms with Gasteiger partial charge in [0.2, 0.25) is 0 Å². The number of hydrogen-bond acceptors (Lipinski definition) is 3. The summed E-state index contributed by atoms with van der Waals surface area (Å²) in [5.41, 5.74) is 2.49. The number of rotatable bonds is 3. The van der Waals surface area contributed by atoms with Crippen LogP contribution in [0, 0.1) is 0 Å². The Bertz CT molecular complexity index is 868. The quantitative estimate of drug-likeness (QED) is 0.689. The second-order valence-electron chi connectivity index (χ2n) is 4.94. The summed E-state index contributed by atoms with van der Waals surface area (Å²) >= 11 is 0. The molecule has 1 amide bonds. The number of carbonyl (C=O) groups is 1. The second kappa shape index (κ2) is 7.13. The lowest BCUT2D eigenvalue weighted by atomic mass is 10.2. The van der Waals surface area contributed by atoms with Crippen molar-refractivity contribution >= 4 is 35.2 Å². The summed E-state index contributed by atoms with van der Waals surface area (Å²) in [6.07, 6.45) is 0. The third-order valence-electron chi connectivity index (χ3n) is 3.38. The highest BCUT2D eigenvalue weighted by Crippen LogP contribution is 2.12. The van der Waals surface area contributed by atoms with Crippen LogP contribution in [0.25, 0.3) is 11.0 Å². The Hall–Kier alpha value is -2.57. The van der Waals surface area contributed by atoms with Crippen molar-refractivity contribution in [2.75, 3.05) is 12.4 Å². The van der Waals surface area contributed by atoms with Crippen molar-refractivity contribution in [3.8, 4) is 0 Å². The Kier molecular flexibility index (Phi) is 5.20. The minimum atomic E-state index is -0.483. The molecule has 23 heavy (non-hydrogen) atoms. The predicted octanol–water partition coefficient (Wildman–Crippen LogP) is 2.55. The van der Waals surface area contributed by atoms with Gasteiger partial charge in [0.15, 0.2) is 0 Å². The molecule has 1 aromatic heterocycles. The van der Waals surface area contributed by atoms with Crippen LogP contribution in [0.5, 0.6) is 0 Å². The highest BCUT2D eigenvalue weighted by molar-refractivity contribution is 5.97. The van der Waals surface area contributed by atoms with Gasteiger partial charge in [0.1, 0.15) is 0 Å². The van der Waals surface area contributed by atoms with Gasteiger partial charge in [-0.15, -0.1) is 12.4 Å². The first kappa shape index (κ1) is 16.8. The van der Waals surface area contributed by atoms with Crippen LogP contribution >= 0.6 is 12.4 Å². The monoisotopic (exact) mass is 332 g/mol. The molecule has 3 aromatic rings. The number of aromatic amines is 1. The number of anilines is 1. The fraction of sp³-hybridized carbons (Fsp3) is 0.125. The normalized spacial score (nSPS) is 10.3. The smallest absolute Gasteiger partial charge is 0.316 e. The van der Waals surface area contributed by atoms with Crippen molar-refractivity contribution in [1.29, 1.82) is 0 Å². The fourth-order valence-corrected chi connectivity index (χ4v) is 2.35. The van der Waals surface area contributed by atoms with Gasteiger partial charge in [-0.25, -0.2) is 14.2 Å². The number of halogens is 1. The molecule has 0 saturated heterocycles. The molecule has 0 bridgehead atoms. The first-order valence-electron chi connectivity index (χ1n) is 6.93. The Balaban J connectivity index is 0.00000192. The molecule has 0 aliphatic heterocycles. The number of para-hydroxylation sites is 2. The summed E-state index contributed by atoms with van der Waals surface area (Å²) in [5, 5.41) is 5.79. The van der Waals surface area contributed by atoms with Crippen molar-refractivity contribution in [1.82, 2.24) is 14.9 Å². The van der Waals surface area contributed by atoms with Crippen molar-refractivity contribution in [2.45, 2.75) is 6.54 Å². The van der Waals surface area contributed by atoms with E-state index in [-0.39, 0.29) is 12.4 Å². The molecule has 7 heteroatoms. The molecule has 6 nitrogen and oxygen atoms in total. The standard InChI is InChI=1S/C16H16N4O2.ClH/c1-17-10-11-6-8-12(9-7-11)18-15(21)20-14-5-3-2-4-13(14)19-16(20)22;/h2-9,17H,10H2,1H3,(H,18,21)(H,19,22);1H. The zero-order chi connectivity index (χ0) is 15.5. The lowest BCUT2D eigenvalue weighted by Crippen LogP contribution is -2.29. The Morgan fingerprint density at radius 2 is 1.83 bits per heavy atom. The first-order chi connectivity index (χ1) is 10.7. The lowest BCUT2D eigenvalue weighted by molar-refractivity contribution is 0.253.